The zero-order valence-electron chi connectivity index (χ0n) is 11.2. The molecule has 1 aliphatic rings. The predicted octanol–water partition coefficient (Wildman–Crippen LogP) is 2.45. The van der Waals surface area contributed by atoms with Crippen molar-refractivity contribution >= 4 is 11.8 Å². The molecule has 2 unspecified atom stereocenters. The molecule has 0 aromatic carbocycles. The first kappa shape index (κ1) is 14.3. The molecule has 96 valence electrons. The van der Waals surface area contributed by atoms with Crippen LogP contribution in [0.25, 0.3) is 0 Å². The van der Waals surface area contributed by atoms with E-state index in [0.29, 0.717) is 0 Å². The molecule has 2 nitrogen and oxygen atoms in total. The van der Waals surface area contributed by atoms with Crippen LogP contribution >= 0.6 is 11.8 Å². The summed E-state index contributed by atoms with van der Waals surface area (Å²) in [6, 6.07) is 0. The lowest BCUT2D eigenvalue weighted by molar-refractivity contribution is 0.240. The van der Waals surface area contributed by atoms with Gasteiger partial charge in [0.25, 0.3) is 0 Å². The number of nitrogens with zero attached hydrogens (tertiary/aromatic N) is 1. The molecule has 1 aliphatic heterocycles. The molecule has 1 heterocycles. The van der Waals surface area contributed by atoms with Crippen LogP contribution in [0.3, 0.4) is 0 Å². The molecular weight excluding hydrogens is 216 g/mol. The average molecular weight is 244 g/mol. The fourth-order valence-corrected chi connectivity index (χ4v) is 3.47. The van der Waals surface area contributed by atoms with Crippen LogP contribution in [0.4, 0.5) is 0 Å². The van der Waals surface area contributed by atoms with Gasteiger partial charge in [0.15, 0.2) is 0 Å². The van der Waals surface area contributed by atoms with E-state index in [4.69, 9.17) is 0 Å². The zero-order chi connectivity index (χ0) is 11.8. The molecule has 1 saturated heterocycles. The highest BCUT2D eigenvalue weighted by Gasteiger charge is 2.19. The minimum Gasteiger partial charge on any atom is -0.316 e. The van der Waals surface area contributed by atoms with Crippen LogP contribution < -0.4 is 5.32 Å². The van der Waals surface area contributed by atoms with Crippen molar-refractivity contribution in [3.8, 4) is 0 Å². The molecule has 0 amide bonds. The third-order valence-electron chi connectivity index (χ3n) is 3.17. The number of nitrogens with one attached hydrogen (secondary N) is 1. The van der Waals surface area contributed by atoms with Gasteiger partial charge in [-0.3, -0.25) is 0 Å². The molecular formula is C13H28N2S. The second kappa shape index (κ2) is 8.37. The first-order valence-corrected chi connectivity index (χ1v) is 7.85. The molecule has 1 rings (SSSR count). The summed E-state index contributed by atoms with van der Waals surface area (Å²) < 4.78 is 0. The summed E-state index contributed by atoms with van der Waals surface area (Å²) in [5, 5.41) is 4.40. The van der Waals surface area contributed by atoms with Crippen LogP contribution in [0.1, 0.15) is 33.6 Å². The maximum atomic E-state index is 3.52. The number of rotatable bonds is 7. The maximum absolute atomic E-state index is 3.52. The summed E-state index contributed by atoms with van der Waals surface area (Å²) in [5.41, 5.74) is 0. The van der Waals surface area contributed by atoms with Gasteiger partial charge in [-0.1, -0.05) is 20.8 Å². The molecule has 3 heteroatoms. The number of hydrogen-bond acceptors (Lipinski definition) is 3. The van der Waals surface area contributed by atoms with Gasteiger partial charge >= 0.3 is 0 Å². The lowest BCUT2D eigenvalue weighted by Gasteiger charge is -2.33. The molecule has 0 aromatic heterocycles. The summed E-state index contributed by atoms with van der Waals surface area (Å²) in [5.74, 6) is 2.11. The van der Waals surface area contributed by atoms with E-state index in [1.54, 1.807) is 0 Å². The Labute approximate surface area is 106 Å². The van der Waals surface area contributed by atoms with E-state index in [-0.39, 0.29) is 0 Å². The number of thioether (sulfide) groups is 1. The minimum atomic E-state index is 0.784. The lowest BCUT2D eigenvalue weighted by atomic mass is 10.1. The van der Waals surface area contributed by atoms with E-state index in [9.17, 15) is 0 Å². The quantitative estimate of drug-likeness (QED) is 0.693. The molecule has 0 spiro atoms. The van der Waals surface area contributed by atoms with Crippen LogP contribution in [0.2, 0.25) is 0 Å². The van der Waals surface area contributed by atoms with Gasteiger partial charge in [0, 0.05) is 30.6 Å². The van der Waals surface area contributed by atoms with Crippen LogP contribution in [0.5, 0.6) is 0 Å². The van der Waals surface area contributed by atoms with Gasteiger partial charge in [-0.2, -0.15) is 11.8 Å². The smallest absolute Gasteiger partial charge is 0.0172 e. The Kier molecular flexibility index (Phi) is 7.50. The molecule has 0 saturated carbocycles. The van der Waals surface area contributed by atoms with Gasteiger partial charge in [-0.25, -0.2) is 0 Å². The second-order valence-corrected chi connectivity index (χ2v) is 6.38. The molecule has 1 fully saturated rings. The minimum absolute atomic E-state index is 0.784. The number of hydrogen-bond donors (Lipinski definition) is 1. The standard InChI is InChI=1S/C13H28N2S/c1-4-6-14-9-12(3)10-15-7-8-16-13(5-2)11-15/h12-14H,4-11H2,1-3H3. The lowest BCUT2D eigenvalue weighted by Crippen LogP contribution is -2.41. The van der Waals surface area contributed by atoms with Gasteiger partial charge in [-0.05, 0) is 31.8 Å². The predicted molar refractivity (Wildman–Crippen MR) is 75.3 cm³/mol. The first-order valence-electron chi connectivity index (χ1n) is 6.80. The van der Waals surface area contributed by atoms with Crippen molar-refractivity contribution in [1.82, 2.24) is 10.2 Å². The van der Waals surface area contributed by atoms with Gasteiger partial charge in [0.2, 0.25) is 0 Å². The topological polar surface area (TPSA) is 15.3 Å². The van der Waals surface area contributed by atoms with Crippen molar-refractivity contribution in [2.24, 2.45) is 5.92 Å². The monoisotopic (exact) mass is 244 g/mol. The van der Waals surface area contributed by atoms with Crippen LogP contribution in [-0.4, -0.2) is 48.6 Å². The van der Waals surface area contributed by atoms with Gasteiger partial charge in [0.05, 0.1) is 0 Å². The Hall–Kier alpha value is 0.270. The van der Waals surface area contributed by atoms with E-state index in [1.165, 1.54) is 44.8 Å². The Morgan fingerprint density at radius 3 is 2.94 bits per heavy atom. The van der Waals surface area contributed by atoms with E-state index in [0.717, 1.165) is 17.7 Å². The first-order chi connectivity index (χ1) is 7.76. The van der Waals surface area contributed by atoms with Crippen molar-refractivity contribution in [3.05, 3.63) is 0 Å². The molecule has 0 bridgehead atoms. The third kappa shape index (κ3) is 5.55. The Morgan fingerprint density at radius 1 is 1.44 bits per heavy atom. The highest BCUT2D eigenvalue weighted by atomic mass is 32.2. The van der Waals surface area contributed by atoms with E-state index in [2.05, 4.69) is 42.7 Å². The summed E-state index contributed by atoms with van der Waals surface area (Å²) in [7, 11) is 0. The van der Waals surface area contributed by atoms with Gasteiger partial charge < -0.3 is 10.2 Å². The fourth-order valence-electron chi connectivity index (χ4n) is 2.22. The molecule has 0 aromatic rings. The summed E-state index contributed by atoms with van der Waals surface area (Å²) >= 11 is 2.16. The normalized spacial score (nSPS) is 24.6. The molecule has 2 atom stereocenters. The summed E-state index contributed by atoms with van der Waals surface area (Å²) in [4.78, 5) is 2.66. The molecule has 16 heavy (non-hydrogen) atoms. The van der Waals surface area contributed by atoms with Crippen molar-refractivity contribution in [3.63, 3.8) is 0 Å². The maximum Gasteiger partial charge on any atom is 0.0172 e. The largest absolute Gasteiger partial charge is 0.316 e. The molecule has 1 N–H and O–H groups in total. The van der Waals surface area contributed by atoms with Gasteiger partial charge in [0.1, 0.15) is 0 Å². The Morgan fingerprint density at radius 2 is 2.25 bits per heavy atom. The highest BCUT2D eigenvalue weighted by molar-refractivity contribution is 8.00. The summed E-state index contributed by atoms with van der Waals surface area (Å²) in [6.07, 6.45) is 2.56. The average Bonchev–Trinajstić information content (AvgIpc) is 2.29. The SMILES string of the molecule is CCCNCC(C)CN1CCSC(CC)C1. The van der Waals surface area contributed by atoms with Crippen LogP contribution in [0.15, 0.2) is 0 Å². The van der Waals surface area contributed by atoms with Crippen molar-refractivity contribution in [2.75, 3.05) is 38.5 Å². The van der Waals surface area contributed by atoms with Crippen LogP contribution in [-0.2, 0) is 0 Å². The Bertz CT molecular complexity index is 175. The van der Waals surface area contributed by atoms with Crippen LogP contribution in [0, 0.1) is 5.92 Å². The third-order valence-corrected chi connectivity index (χ3v) is 4.54. The van der Waals surface area contributed by atoms with E-state index >= 15 is 0 Å². The van der Waals surface area contributed by atoms with E-state index in [1.807, 2.05) is 0 Å². The van der Waals surface area contributed by atoms with Gasteiger partial charge in [-0.15, -0.1) is 0 Å². The highest BCUT2D eigenvalue weighted by Crippen LogP contribution is 2.21. The summed E-state index contributed by atoms with van der Waals surface area (Å²) in [6.45, 7) is 13.1. The molecule has 0 radical (unpaired) electrons. The molecule has 0 aliphatic carbocycles. The van der Waals surface area contributed by atoms with Crippen molar-refractivity contribution in [1.29, 1.82) is 0 Å². The van der Waals surface area contributed by atoms with Crippen molar-refractivity contribution in [2.45, 2.75) is 38.9 Å². The van der Waals surface area contributed by atoms with Crippen molar-refractivity contribution < 1.29 is 0 Å². The fraction of sp³-hybridized carbons (Fsp3) is 1.00. The van der Waals surface area contributed by atoms with E-state index < -0.39 is 0 Å². The second-order valence-electron chi connectivity index (χ2n) is 4.97. The zero-order valence-corrected chi connectivity index (χ0v) is 12.0. The Balaban J connectivity index is 2.14.